The first-order valence-electron chi connectivity index (χ1n) is 10.6. The fraction of sp³-hybridized carbons (Fsp3) is 0.333. The van der Waals surface area contributed by atoms with E-state index in [9.17, 15) is 9.59 Å². The number of anilines is 1. The van der Waals surface area contributed by atoms with Gasteiger partial charge in [-0.05, 0) is 49.1 Å². The van der Waals surface area contributed by atoms with Gasteiger partial charge in [0.1, 0.15) is 0 Å². The summed E-state index contributed by atoms with van der Waals surface area (Å²) in [6.07, 6.45) is 0. The van der Waals surface area contributed by atoms with Crippen LogP contribution in [0.1, 0.15) is 47.2 Å². The maximum atomic E-state index is 12.8. The number of amides is 2. The largest absolute Gasteiger partial charge is 0.342 e. The number of carbonyl (C=O) groups excluding carboxylic acids is 2. The van der Waals surface area contributed by atoms with Crippen molar-refractivity contribution in [1.29, 1.82) is 0 Å². The van der Waals surface area contributed by atoms with E-state index in [1.54, 1.807) is 24.3 Å². The molecule has 1 aromatic heterocycles. The van der Waals surface area contributed by atoms with E-state index >= 15 is 0 Å². The molecule has 1 heterocycles. The van der Waals surface area contributed by atoms with E-state index in [1.807, 2.05) is 57.5 Å². The molecule has 174 valence electrons. The Morgan fingerprint density at radius 2 is 1.85 bits per heavy atom. The number of carbonyl (C=O) groups is 2. The van der Waals surface area contributed by atoms with E-state index in [1.165, 1.54) is 11.8 Å². The molecule has 0 saturated heterocycles. The molecule has 33 heavy (non-hydrogen) atoms. The molecule has 3 aromatic rings. The zero-order valence-corrected chi connectivity index (χ0v) is 20.9. The van der Waals surface area contributed by atoms with Crippen LogP contribution in [0.15, 0.2) is 47.6 Å². The summed E-state index contributed by atoms with van der Waals surface area (Å²) in [4.78, 5) is 25.3. The summed E-state index contributed by atoms with van der Waals surface area (Å²) in [5.41, 5.74) is 3.31. The lowest BCUT2D eigenvalue weighted by Gasteiger charge is -2.22. The molecule has 0 aliphatic heterocycles. The van der Waals surface area contributed by atoms with Crippen molar-refractivity contribution < 1.29 is 9.59 Å². The fourth-order valence-electron chi connectivity index (χ4n) is 3.30. The number of hydrogen-bond donors (Lipinski definition) is 2. The lowest BCUT2D eigenvalue weighted by atomic mass is 10.0. The normalized spacial score (nSPS) is 12.0. The smallest absolute Gasteiger partial charge is 0.253 e. The van der Waals surface area contributed by atoms with Gasteiger partial charge in [-0.25, -0.2) is 0 Å². The van der Waals surface area contributed by atoms with Crippen molar-refractivity contribution >= 4 is 40.9 Å². The monoisotopic (exact) mass is 485 g/mol. The highest BCUT2D eigenvalue weighted by atomic mass is 35.5. The highest BCUT2D eigenvalue weighted by molar-refractivity contribution is 7.99. The summed E-state index contributed by atoms with van der Waals surface area (Å²) in [6.45, 7) is 7.94. The Morgan fingerprint density at radius 3 is 2.55 bits per heavy atom. The third kappa shape index (κ3) is 6.15. The fourth-order valence-corrected chi connectivity index (χ4v) is 4.24. The lowest BCUT2D eigenvalue weighted by Crippen LogP contribution is -2.33. The van der Waals surface area contributed by atoms with Gasteiger partial charge in [-0.1, -0.05) is 61.5 Å². The molecule has 2 aromatic carbocycles. The maximum Gasteiger partial charge on any atom is 0.253 e. The predicted octanol–water partition coefficient (Wildman–Crippen LogP) is 4.94. The quantitative estimate of drug-likeness (QED) is 0.441. The number of halogens is 1. The third-order valence-corrected chi connectivity index (χ3v) is 6.57. The molecule has 3 rings (SSSR count). The molecule has 2 N–H and O–H groups in total. The molecular weight excluding hydrogens is 458 g/mol. The number of thioether (sulfide) groups is 1. The molecule has 0 radical (unpaired) electrons. The van der Waals surface area contributed by atoms with Crippen LogP contribution >= 0.6 is 23.4 Å². The second-order valence-electron chi connectivity index (χ2n) is 8.23. The van der Waals surface area contributed by atoms with Crippen LogP contribution < -0.4 is 10.6 Å². The minimum atomic E-state index is -0.371. The standard InChI is InChI=1S/C24H28ClN5O2S/c1-14(2)21(27-23(32)17-8-6-7-9-18(17)25)22-28-29-24(30(22)5)33-13-20(31)26-19-12-15(3)10-11-16(19)4/h6-12,14,21H,13H2,1-5H3,(H,26,31)(H,27,32)/t21-/m1/s1. The Kier molecular flexibility index (Phi) is 8.15. The highest BCUT2D eigenvalue weighted by Crippen LogP contribution is 2.26. The van der Waals surface area contributed by atoms with Crippen LogP contribution in [0.5, 0.6) is 0 Å². The third-order valence-electron chi connectivity index (χ3n) is 5.22. The number of aryl methyl sites for hydroxylation is 2. The molecule has 0 aliphatic rings. The van der Waals surface area contributed by atoms with Crippen LogP contribution in [0.3, 0.4) is 0 Å². The number of benzene rings is 2. The Labute approximate surface area is 203 Å². The second kappa shape index (κ2) is 10.9. The van der Waals surface area contributed by atoms with Gasteiger partial charge in [0.25, 0.3) is 5.91 Å². The Morgan fingerprint density at radius 1 is 1.12 bits per heavy atom. The Bertz CT molecular complexity index is 1160. The average molecular weight is 486 g/mol. The minimum Gasteiger partial charge on any atom is -0.342 e. The first kappa shape index (κ1) is 24.8. The molecule has 1 atom stereocenters. The van der Waals surface area contributed by atoms with E-state index in [4.69, 9.17) is 11.6 Å². The average Bonchev–Trinajstić information content (AvgIpc) is 3.13. The van der Waals surface area contributed by atoms with Gasteiger partial charge in [-0.2, -0.15) is 0 Å². The molecule has 2 amide bonds. The van der Waals surface area contributed by atoms with Gasteiger partial charge in [0.15, 0.2) is 11.0 Å². The lowest BCUT2D eigenvalue weighted by molar-refractivity contribution is -0.113. The molecule has 0 spiro atoms. The van der Waals surface area contributed by atoms with Crippen molar-refractivity contribution in [3.05, 3.63) is 70.0 Å². The summed E-state index contributed by atoms with van der Waals surface area (Å²) in [5.74, 6) is 0.472. The Hall–Kier alpha value is -2.84. The minimum absolute atomic E-state index is 0.0600. The van der Waals surface area contributed by atoms with Gasteiger partial charge in [-0.3, -0.25) is 9.59 Å². The van der Waals surface area contributed by atoms with Crippen molar-refractivity contribution in [3.8, 4) is 0 Å². The van der Waals surface area contributed by atoms with Crippen LogP contribution in [-0.4, -0.2) is 32.3 Å². The van der Waals surface area contributed by atoms with E-state index in [-0.39, 0.29) is 29.5 Å². The van der Waals surface area contributed by atoms with Crippen LogP contribution in [0, 0.1) is 19.8 Å². The zero-order valence-electron chi connectivity index (χ0n) is 19.3. The van der Waals surface area contributed by atoms with Gasteiger partial charge in [0.2, 0.25) is 5.91 Å². The Balaban J connectivity index is 1.69. The topological polar surface area (TPSA) is 88.9 Å². The van der Waals surface area contributed by atoms with Crippen LogP contribution in [-0.2, 0) is 11.8 Å². The second-order valence-corrected chi connectivity index (χ2v) is 9.58. The van der Waals surface area contributed by atoms with Crippen LogP contribution in [0.25, 0.3) is 0 Å². The number of hydrogen-bond acceptors (Lipinski definition) is 5. The number of nitrogens with one attached hydrogen (secondary N) is 2. The van der Waals surface area contributed by atoms with Crippen molar-refractivity contribution in [2.75, 3.05) is 11.1 Å². The number of rotatable bonds is 8. The van der Waals surface area contributed by atoms with E-state index in [0.29, 0.717) is 21.6 Å². The summed E-state index contributed by atoms with van der Waals surface area (Å²) in [7, 11) is 1.83. The van der Waals surface area contributed by atoms with E-state index in [0.717, 1.165) is 16.8 Å². The zero-order chi connectivity index (χ0) is 24.1. The van der Waals surface area contributed by atoms with Crippen LogP contribution in [0.2, 0.25) is 5.02 Å². The number of aromatic nitrogens is 3. The first-order chi connectivity index (χ1) is 15.7. The van der Waals surface area contributed by atoms with E-state index < -0.39 is 0 Å². The molecule has 0 bridgehead atoms. The van der Waals surface area contributed by atoms with Crippen molar-refractivity contribution in [3.63, 3.8) is 0 Å². The molecule has 0 aliphatic carbocycles. The molecule has 0 saturated carbocycles. The van der Waals surface area contributed by atoms with Crippen molar-refractivity contribution in [1.82, 2.24) is 20.1 Å². The van der Waals surface area contributed by atoms with E-state index in [2.05, 4.69) is 20.8 Å². The SMILES string of the molecule is Cc1ccc(C)c(NC(=O)CSc2nnc([C@H](NC(=O)c3ccccc3Cl)C(C)C)n2C)c1. The summed E-state index contributed by atoms with van der Waals surface area (Å²) >= 11 is 7.47. The first-order valence-corrected chi connectivity index (χ1v) is 12.0. The number of nitrogens with zero attached hydrogens (tertiary/aromatic N) is 3. The summed E-state index contributed by atoms with van der Waals surface area (Å²) in [6, 6.07) is 12.5. The highest BCUT2D eigenvalue weighted by Gasteiger charge is 2.26. The van der Waals surface area contributed by atoms with Crippen LogP contribution in [0.4, 0.5) is 5.69 Å². The molecule has 7 nitrogen and oxygen atoms in total. The van der Waals surface area contributed by atoms with Gasteiger partial charge in [-0.15, -0.1) is 10.2 Å². The summed E-state index contributed by atoms with van der Waals surface area (Å²) < 4.78 is 1.81. The van der Waals surface area contributed by atoms with Gasteiger partial charge < -0.3 is 15.2 Å². The molecule has 0 unspecified atom stereocenters. The molecule has 0 fully saturated rings. The van der Waals surface area contributed by atoms with Crippen molar-refractivity contribution in [2.24, 2.45) is 13.0 Å². The van der Waals surface area contributed by atoms with Crippen molar-refractivity contribution in [2.45, 2.75) is 38.9 Å². The molecular formula is C24H28ClN5O2S. The maximum absolute atomic E-state index is 12.8. The van der Waals surface area contributed by atoms with Gasteiger partial charge in [0, 0.05) is 12.7 Å². The van der Waals surface area contributed by atoms with Gasteiger partial charge >= 0.3 is 0 Å². The predicted molar refractivity (Wildman–Crippen MR) is 133 cm³/mol. The summed E-state index contributed by atoms with van der Waals surface area (Å²) in [5, 5.41) is 15.5. The van der Waals surface area contributed by atoms with Gasteiger partial charge in [0.05, 0.1) is 22.4 Å². The molecule has 9 heteroatoms.